The first-order valence-corrected chi connectivity index (χ1v) is 18.6. The first-order chi connectivity index (χ1) is 26.3. The van der Waals surface area contributed by atoms with Crippen molar-refractivity contribution in [3.63, 3.8) is 0 Å². The molecule has 11 rings (SSSR count). The van der Waals surface area contributed by atoms with Gasteiger partial charge in [0.2, 0.25) is 0 Å². The van der Waals surface area contributed by atoms with Gasteiger partial charge in [-0.15, -0.1) is 0 Å². The van der Waals surface area contributed by atoms with Gasteiger partial charge in [0.1, 0.15) is 0 Å². The fourth-order valence-electron chi connectivity index (χ4n) is 10.1. The first kappa shape index (κ1) is 30.1. The zero-order valence-corrected chi connectivity index (χ0v) is 29.2. The minimum absolute atomic E-state index is 0.474. The Morgan fingerprint density at radius 2 is 0.660 bits per heavy atom. The molecule has 2 spiro atoms. The Morgan fingerprint density at radius 3 is 1.09 bits per heavy atom. The summed E-state index contributed by atoms with van der Waals surface area (Å²) in [6.07, 6.45) is 0. The standard InChI is InChI=1S/C52H35N/c1-3-17-36(18-4-1)50(37-19-5-2-6-20-37)53-34-35-31-32-48-49(33-35)52(44-27-13-9-23-40(44)41-24-10-14-28-45(41)52)47-30-16-15-29-46(47)51(48)42-25-11-7-21-38(42)39-22-8-12-26-43(39)51/h1-33H,34H2. The van der Waals surface area contributed by atoms with Crippen molar-refractivity contribution in [3.05, 3.63) is 261 Å². The smallest absolute Gasteiger partial charge is 0.0723 e. The number of rotatable bonds is 4. The lowest BCUT2D eigenvalue weighted by atomic mass is 9.52. The Morgan fingerprint density at radius 1 is 0.321 bits per heavy atom. The van der Waals surface area contributed by atoms with Gasteiger partial charge in [-0.3, -0.25) is 4.99 Å². The molecule has 8 aromatic carbocycles. The van der Waals surface area contributed by atoms with Crippen LogP contribution in [0, 0.1) is 0 Å². The fraction of sp³-hybridized carbons (Fsp3) is 0.0577. The van der Waals surface area contributed by atoms with Crippen molar-refractivity contribution >= 4 is 5.71 Å². The average Bonchev–Trinajstić information content (AvgIpc) is 3.70. The molecule has 8 aromatic rings. The lowest BCUT2D eigenvalue weighted by Gasteiger charge is -2.49. The number of hydrogen-bond donors (Lipinski definition) is 0. The zero-order valence-electron chi connectivity index (χ0n) is 29.2. The summed E-state index contributed by atoms with van der Waals surface area (Å²) in [7, 11) is 0. The molecule has 1 heteroatoms. The van der Waals surface area contributed by atoms with E-state index in [1.54, 1.807) is 0 Å². The van der Waals surface area contributed by atoms with Crippen molar-refractivity contribution in [1.82, 2.24) is 0 Å². The van der Waals surface area contributed by atoms with Crippen molar-refractivity contribution in [2.45, 2.75) is 17.4 Å². The second-order valence-electron chi connectivity index (χ2n) is 14.5. The van der Waals surface area contributed by atoms with Crippen LogP contribution in [0.2, 0.25) is 0 Å². The minimum Gasteiger partial charge on any atom is -0.279 e. The van der Waals surface area contributed by atoms with Crippen molar-refractivity contribution in [3.8, 4) is 22.3 Å². The van der Waals surface area contributed by atoms with Gasteiger partial charge in [-0.05, 0) is 72.3 Å². The second kappa shape index (κ2) is 11.5. The van der Waals surface area contributed by atoms with Gasteiger partial charge in [-0.25, -0.2) is 0 Å². The van der Waals surface area contributed by atoms with Crippen LogP contribution in [-0.4, -0.2) is 5.71 Å². The summed E-state index contributed by atoms with van der Waals surface area (Å²) >= 11 is 0. The van der Waals surface area contributed by atoms with Crippen LogP contribution in [-0.2, 0) is 17.4 Å². The SMILES string of the molecule is c1ccc(C(=NCc2ccc3c(c2)C2(c4ccccc4-c4ccccc42)c2ccccc2C32c3ccccc3-c3ccccc32)c2ccccc2)cc1. The molecule has 0 radical (unpaired) electrons. The average molecular weight is 674 g/mol. The second-order valence-corrected chi connectivity index (χ2v) is 14.5. The molecule has 0 saturated carbocycles. The van der Waals surface area contributed by atoms with Crippen LogP contribution in [0.15, 0.2) is 205 Å². The molecule has 0 fully saturated rings. The maximum absolute atomic E-state index is 5.41. The molecule has 53 heavy (non-hydrogen) atoms. The third-order valence-corrected chi connectivity index (χ3v) is 12.0. The van der Waals surface area contributed by atoms with E-state index in [0.29, 0.717) is 6.54 Å². The van der Waals surface area contributed by atoms with Crippen LogP contribution in [0.5, 0.6) is 0 Å². The van der Waals surface area contributed by atoms with Crippen molar-refractivity contribution in [2.75, 3.05) is 0 Å². The number of nitrogens with zero attached hydrogens (tertiary/aromatic N) is 1. The van der Waals surface area contributed by atoms with E-state index in [1.807, 2.05) is 0 Å². The van der Waals surface area contributed by atoms with E-state index in [0.717, 1.165) is 16.8 Å². The fourth-order valence-corrected chi connectivity index (χ4v) is 10.1. The van der Waals surface area contributed by atoms with Crippen LogP contribution in [0.1, 0.15) is 61.2 Å². The van der Waals surface area contributed by atoms with Gasteiger partial charge in [0.15, 0.2) is 0 Å². The molecule has 248 valence electrons. The van der Waals surface area contributed by atoms with Crippen molar-refractivity contribution in [2.24, 2.45) is 4.99 Å². The van der Waals surface area contributed by atoms with Crippen LogP contribution >= 0.6 is 0 Å². The van der Waals surface area contributed by atoms with Gasteiger partial charge in [0.25, 0.3) is 0 Å². The molecule has 0 heterocycles. The Balaban J connectivity index is 1.24. The van der Waals surface area contributed by atoms with Gasteiger partial charge >= 0.3 is 0 Å². The molecular weight excluding hydrogens is 639 g/mol. The first-order valence-electron chi connectivity index (χ1n) is 18.6. The summed E-state index contributed by atoms with van der Waals surface area (Å²) in [5, 5.41) is 0. The summed E-state index contributed by atoms with van der Waals surface area (Å²) in [5.74, 6) is 0. The maximum Gasteiger partial charge on any atom is 0.0723 e. The molecule has 0 saturated heterocycles. The van der Waals surface area contributed by atoms with E-state index >= 15 is 0 Å². The topological polar surface area (TPSA) is 12.4 Å². The molecule has 3 aliphatic carbocycles. The molecule has 0 atom stereocenters. The summed E-state index contributed by atoms with van der Waals surface area (Å²) in [6, 6.07) is 74.2. The molecule has 0 aliphatic heterocycles. The molecule has 0 N–H and O–H groups in total. The monoisotopic (exact) mass is 673 g/mol. The summed E-state index contributed by atoms with van der Waals surface area (Å²) in [6.45, 7) is 0.563. The molecule has 0 aromatic heterocycles. The third kappa shape index (κ3) is 4.00. The Labute approximate surface area is 310 Å². The predicted molar refractivity (Wildman–Crippen MR) is 217 cm³/mol. The van der Waals surface area contributed by atoms with Crippen LogP contribution in [0.4, 0.5) is 0 Å². The molecule has 0 bridgehead atoms. The molecular formula is C52H35N. The number of hydrogen-bond acceptors (Lipinski definition) is 1. The van der Waals surface area contributed by atoms with E-state index < -0.39 is 10.8 Å². The van der Waals surface area contributed by atoms with Crippen molar-refractivity contribution < 1.29 is 0 Å². The van der Waals surface area contributed by atoms with Gasteiger partial charge < -0.3 is 0 Å². The number of benzene rings is 8. The number of fused-ring (bicyclic) bond motifs is 16. The van der Waals surface area contributed by atoms with Gasteiger partial charge in [0.05, 0.1) is 23.1 Å². The highest BCUT2D eigenvalue weighted by molar-refractivity contribution is 6.12. The maximum atomic E-state index is 5.41. The Hall–Kier alpha value is -6.57. The molecule has 0 unspecified atom stereocenters. The van der Waals surface area contributed by atoms with E-state index in [-0.39, 0.29) is 0 Å². The quantitative estimate of drug-likeness (QED) is 0.165. The summed E-state index contributed by atoms with van der Waals surface area (Å²) in [4.78, 5) is 5.41. The predicted octanol–water partition coefficient (Wildman–Crippen LogP) is 11.8. The third-order valence-electron chi connectivity index (χ3n) is 12.0. The van der Waals surface area contributed by atoms with E-state index in [4.69, 9.17) is 4.99 Å². The molecule has 1 nitrogen and oxygen atoms in total. The van der Waals surface area contributed by atoms with E-state index in [1.165, 1.54) is 72.3 Å². The Bertz CT molecular complexity index is 2620. The van der Waals surface area contributed by atoms with Gasteiger partial charge in [0, 0.05) is 11.1 Å². The van der Waals surface area contributed by atoms with Gasteiger partial charge in [-0.1, -0.05) is 200 Å². The molecule has 0 amide bonds. The minimum atomic E-state index is -0.502. The number of aliphatic imine (C=N–C) groups is 1. The van der Waals surface area contributed by atoms with Gasteiger partial charge in [-0.2, -0.15) is 0 Å². The van der Waals surface area contributed by atoms with E-state index in [2.05, 4.69) is 200 Å². The van der Waals surface area contributed by atoms with Crippen molar-refractivity contribution in [1.29, 1.82) is 0 Å². The largest absolute Gasteiger partial charge is 0.279 e. The zero-order chi connectivity index (χ0) is 35.0. The van der Waals surface area contributed by atoms with E-state index in [9.17, 15) is 0 Å². The van der Waals surface area contributed by atoms with Crippen LogP contribution in [0.3, 0.4) is 0 Å². The highest BCUT2D eigenvalue weighted by atomic mass is 14.7. The lowest BCUT2D eigenvalue weighted by Crippen LogP contribution is -2.43. The normalized spacial score (nSPS) is 14.4. The summed E-state index contributed by atoms with van der Waals surface area (Å²) in [5.41, 5.74) is 19.5. The van der Waals surface area contributed by atoms with Crippen LogP contribution in [0.25, 0.3) is 22.3 Å². The highest BCUT2D eigenvalue weighted by Crippen LogP contribution is 2.67. The highest BCUT2D eigenvalue weighted by Gasteiger charge is 2.58. The lowest BCUT2D eigenvalue weighted by molar-refractivity contribution is 0.631. The summed E-state index contributed by atoms with van der Waals surface area (Å²) < 4.78 is 0. The molecule has 3 aliphatic rings. The Kier molecular flexibility index (Phi) is 6.51. The van der Waals surface area contributed by atoms with Crippen LogP contribution < -0.4 is 0 Å².